The van der Waals surface area contributed by atoms with Gasteiger partial charge in [-0.05, 0) is 0 Å². The maximum absolute atomic E-state index is 11.0. The summed E-state index contributed by atoms with van der Waals surface area (Å²) < 4.78 is 11.0. The van der Waals surface area contributed by atoms with Crippen LogP contribution in [0.15, 0.2) is 38.0 Å². The first-order valence-electron chi connectivity index (χ1n) is 3.96. The first kappa shape index (κ1) is 11.3. The summed E-state index contributed by atoms with van der Waals surface area (Å²) in [5, 5.41) is -0.189. The lowest BCUT2D eigenvalue weighted by Gasteiger charge is -2.14. The Labute approximate surface area is 76.1 Å². The van der Waals surface area contributed by atoms with Crippen molar-refractivity contribution in [3.63, 3.8) is 0 Å². The quantitative estimate of drug-likeness (QED) is 0.436. The third kappa shape index (κ3) is 3.15. The molecule has 0 saturated heterocycles. The fourth-order valence-electron chi connectivity index (χ4n) is 1.20. The Bertz CT molecular complexity index is 158. The van der Waals surface area contributed by atoms with Gasteiger partial charge in [0.25, 0.3) is 0 Å². The van der Waals surface area contributed by atoms with Crippen molar-refractivity contribution < 1.29 is 4.57 Å². The Morgan fingerprint density at radius 2 is 1.33 bits per heavy atom. The molecule has 0 aliphatic carbocycles. The van der Waals surface area contributed by atoms with E-state index < -0.39 is 0 Å². The summed E-state index contributed by atoms with van der Waals surface area (Å²) in [6.07, 6.45) is 7.68. The van der Waals surface area contributed by atoms with Gasteiger partial charge in [-0.15, -0.1) is 19.7 Å². The maximum Gasteiger partial charge on any atom is 0.332 e. The Balaban J connectivity index is 4.45. The molecular formula is C10H16OP+. The van der Waals surface area contributed by atoms with E-state index in [-0.39, 0.29) is 13.6 Å². The summed E-state index contributed by atoms with van der Waals surface area (Å²) in [5.74, 6) is 0. The highest BCUT2D eigenvalue weighted by Crippen LogP contribution is 2.35. The van der Waals surface area contributed by atoms with Crippen molar-refractivity contribution in [2.45, 2.75) is 24.4 Å². The second-order valence-electron chi connectivity index (χ2n) is 2.86. The average Bonchev–Trinajstić information content (AvgIpc) is 2.06. The van der Waals surface area contributed by atoms with E-state index >= 15 is 0 Å². The van der Waals surface area contributed by atoms with Crippen LogP contribution < -0.4 is 0 Å². The van der Waals surface area contributed by atoms with Crippen molar-refractivity contribution in [1.29, 1.82) is 0 Å². The predicted molar refractivity (Wildman–Crippen MR) is 56.2 cm³/mol. The van der Waals surface area contributed by atoms with Crippen molar-refractivity contribution in [3.05, 3.63) is 38.0 Å². The van der Waals surface area contributed by atoms with Gasteiger partial charge in [-0.25, -0.2) is 0 Å². The van der Waals surface area contributed by atoms with Crippen LogP contribution >= 0.6 is 8.46 Å². The third-order valence-corrected chi connectivity index (χ3v) is 2.87. The van der Waals surface area contributed by atoms with Crippen LogP contribution in [0.1, 0.15) is 19.3 Å². The fourth-order valence-corrected chi connectivity index (χ4v) is 1.89. The first-order valence-corrected chi connectivity index (χ1v) is 4.87. The standard InChI is InChI=1S/C10H15OP/c1-4-7-10(12-11,8-5-2)9-6-3/h4-6H,1-3,7-9H2/p+1. The summed E-state index contributed by atoms with van der Waals surface area (Å²) in [6.45, 7) is 11.0. The zero-order valence-corrected chi connectivity index (χ0v) is 8.38. The van der Waals surface area contributed by atoms with Crippen LogP contribution in [0.5, 0.6) is 0 Å². The molecule has 12 heavy (non-hydrogen) atoms. The lowest BCUT2D eigenvalue weighted by molar-refractivity contribution is 0.538. The van der Waals surface area contributed by atoms with E-state index in [1.807, 2.05) is 0 Å². The largest absolute Gasteiger partial charge is 0.332 e. The first-order chi connectivity index (χ1) is 5.74. The van der Waals surface area contributed by atoms with Gasteiger partial charge >= 0.3 is 8.46 Å². The van der Waals surface area contributed by atoms with Gasteiger partial charge in [-0.2, -0.15) is 0 Å². The topological polar surface area (TPSA) is 17.1 Å². The van der Waals surface area contributed by atoms with Gasteiger partial charge in [0.15, 0.2) is 5.16 Å². The van der Waals surface area contributed by atoms with Crippen molar-refractivity contribution in [3.8, 4) is 0 Å². The molecule has 0 aliphatic rings. The van der Waals surface area contributed by atoms with Crippen molar-refractivity contribution >= 4 is 8.46 Å². The van der Waals surface area contributed by atoms with Gasteiger partial charge in [0, 0.05) is 19.3 Å². The molecule has 0 N–H and O–H groups in total. The highest BCUT2D eigenvalue weighted by molar-refractivity contribution is 7.26. The third-order valence-electron chi connectivity index (χ3n) is 1.82. The van der Waals surface area contributed by atoms with E-state index in [0.29, 0.717) is 0 Å². The molecule has 0 amide bonds. The second-order valence-corrected chi connectivity index (χ2v) is 4.13. The molecule has 0 aromatic heterocycles. The van der Waals surface area contributed by atoms with Gasteiger partial charge in [-0.3, -0.25) is 0 Å². The highest BCUT2D eigenvalue weighted by Gasteiger charge is 2.34. The number of allylic oxidation sites excluding steroid dienone is 3. The van der Waals surface area contributed by atoms with Crippen LogP contribution in [0.3, 0.4) is 0 Å². The zero-order chi connectivity index (χ0) is 9.45. The molecule has 1 nitrogen and oxygen atoms in total. The lowest BCUT2D eigenvalue weighted by Crippen LogP contribution is -2.18. The molecule has 1 unspecified atom stereocenters. The van der Waals surface area contributed by atoms with Crippen LogP contribution in [0.25, 0.3) is 0 Å². The molecule has 0 aromatic carbocycles. The summed E-state index contributed by atoms with van der Waals surface area (Å²) in [5.41, 5.74) is 0. The van der Waals surface area contributed by atoms with E-state index in [0.717, 1.165) is 19.3 Å². The molecule has 0 fully saturated rings. The minimum absolute atomic E-state index is 0.189. The van der Waals surface area contributed by atoms with E-state index in [2.05, 4.69) is 19.7 Å². The van der Waals surface area contributed by atoms with Gasteiger partial charge in [-0.1, -0.05) is 22.8 Å². The van der Waals surface area contributed by atoms with Crippen LogP contribution in [0, 0.1) is 0 Å². The van der Waals surface area contributed by atoms with Crippen LogP contribution in [0.4, 0.5) is 0 Å². The molecule has 2 heteroatoms. The van der Waals surface area contributed by atoms with Crippen LogP contribution in [-0.4, -0.2) is 5.16 Å². The van der Waals surface area contributed by atoms with Gasteiger partial charge < -0.3 is 0 Å². The van der Waals surface area contributed by atoms with Crippen LogP contribution in [-0.2, 0) is 4.57 Å². The highest BCUT2D eigenvalue weighted by atomic mass is 31.1. The summed E-state index contributed by atoms with van der Waals surface area (Å²) in [4.78, 5) is 0. The van der Waals surface area contributed by atoms with Gasteiger partial charge in [0.2, 0.25) is 0 Å². The van der Waals surface area contributed by atoms with E-state index in [1.54, 1.807) is 18.2 Å². The summed E-state index contributed by atoms with van der Waals surface area (Å²) >= 11 is 0. The normalized spacial score (nSPS) is 11.0. The molecule has 66 valence electrons. The Morgan fingerprint density at radius 3 is 1.50 bits per heavy atom. The second kappa shape index (κ2) is 5.91. The van der Waals surface area contributed by atoms with E-state index in [1.165, 1.54) is 0 Å². The fraction of sp³-hybridized carbons (Fsp3) is 0.400. The number of rotatable bonds is 7. The smallest absolute Gasteiger partial charge is 0.103 e. The zero-order valence-electron chi connectivity index (χ0n) is 7.38. The van der Waals surface area contributed by atoms with E-state index in [4.69, 9.17) is 0 Å². The average molecular weight is 183 g/mol. The van der Waals surface area contributed by atoms with E-state index in [9.17, 15) is 4.57 Å². The van der Waals surface area contributed by atoms with Crippen molar-refractivity contribution in [1.82, 2.24) is 0 Å². The molecule has 0 heterocycles. The Kier molecular flexibility index (Phi) is 5.57. The molecule has 0 rings (SSSR count). The molecule has 0 aliphatic heterocycles. The van der Waals surface area contributed by atoms with Gasteiger partial charge in [0.05, 0.1) is 0 Å². The Hall–Kier alpha value is -0.680. The Morgan fingerprint density at radius 1 is 1.00 bits per heavy atom. The van der Waals surface area contributed by atoms with Crippen molar-refractivity contribution in [2.75, 3.05) is 0 Å². The molecular weight excluding hydrogens is 167 g/mol. The van der Waals surface area contributed by atoms with Crippen molar-refractivity contribution in [2.24, 2.45) is 0 Å². The number of hydrogen-bond donors (Lipinski definition) is 0. The van der Waals surface area contributed by atoms with Gasteiger partial charge in [0.1, 0.15) is 0 Å². The lowest BCUT2D eigenvalue weighted by atomic mass is 9.96. The minimum Gasteiger partial charge on any atom is -0.103 e. The minimum atomic E-state index is -0.324. The molecule has 0 bridgehead atoms. The van der Waals surface area contributed by atoms with Crippen LogP contribution in [0.2, 0.25) is 0 Å². The monoisotopic (exact) mass is 183 g/mol. The SMILES string of the molecule is C=CCC(CC=C)(CC=C)[PH+]=O. The maximum atomic E-state index is 11.0. The summed E-state index contributed by atoms with van der Waals surface area (Å²) in [7, 11) is -0.324. The molecule has 0 spiro atoms. The molecule has 0 radical (unpaired) electrons. The number of hydrogen-bond acceptors (Lipinski definition) is 1. The molecule has 1 atom stereocenters. The predicted octanol–water partition coefficient (Wildman–Crippen LogP) is 3.48. The molecule has 0 saturated carbocycles. The molecule has 0 aromatic rings. The summed E-state index contributed by atoms with van der Waals surface area (Å²) in [6, 6.07) is 0.